The second kappa shape index (κ2) is 8.51. The van der Waals surface area contributed by atoms with Crippen LogP contribution in [0.3, 0.4) is 0 Å². The van der Waals surface area contributed by atoms with E-state index in [1.165, 1.54) is 11.8 Å². The standard InChI is InChI=1S/C19H18BrN3O2S/c1-13-10-15(22-25-13)12-26-18-16(7-5-9-21-18)19(24)23(2)11-14-6-3-4-8-17(14)20/h3-10H,11-12H2,1-2H3. The second-order valence-electron chi connectivity index (χ2n) is 5.83. The van der Waals surface area contributed by atoms with Gasteiger partial charge >= 0.3 is 0 Å². The van der Waals surface area contributed by atoms with Gasteiger partial charge < -0.3 is 9.42 Å². The maximum absolute atomic E-state index is 12.9. The number of hydrogen-bond acceptors (Lipinski definition) is 5. The average molecular weight is 432 g/mol. The molecule has 0 spiro atoms. The van der Waals surface area contributed by atoms with E-state index in [0.717, 1.165) is 21.5 Å². The van der Waals surface area contributed by atoms with Crippen LogP contribution in [0.5, 0.6) is 0 Å². The van der Waals surface area contributed by atoms with E-state index >= 15 is 0 Å². The van der Waals surface area contributed by atoms with Crippen LogP contribution < -0.4 is 0 Å². The maximum Gasteiger partial charge on any atom is 0.256 e. The quantitative estimate of drug-likeness (QED) is 0.529. The molecule has 0 aliphatic heterocycles. The number of amides is 1. The third kappa shape index (κ3) is 4.53. The number of halogens is 1. The first-order valence-corrected chi connectivity index (χ1v) is 9.81. The first-order valence-electron chi connectivity index (χ1n) is 8.03. The molecule has 0 aliphatic rings. The summed E-state index contributed by atoms with van der Waals surface area (Å²) in [5.41, 5.74) is 2.48. The van der Waals surface area contributed by atoms with Crippen LogP contribution in [-0.2, 0) is 12.3 Å². The number of aryl methyl sites for hydroxylation is 1. The monoisotopic (exact) mass is 431 g/mol. The van der Waals surface area contributed by atoms with Crippen molar-refractivity contribution in [3.63, 3.8) is 0 Å². The molecule has 0 radical (unpaired) electrons. The van der Waals surface area contributed by atoms with E-state index in [0.29, 0.717) is 22.9 Å². The molecule has 0 saturated heterocycles. The Bertz CT molecular complexity index is 913. The highest BCUT2D eigenvalue weighted by atomic mass is 79.9. The molecule has 0 unspecified atom stereocenters. The van der Waals surface area contributed by atoms with Crippen LogP contribution in [0.1, 0.15) is 27.4 Å². The summed E-state index contributed by atoms with van der Waals surface area (Å²) in [4.78, 5) is 19.0. The smallest absolute Gasteiger partial charge is 0.256 e. The number of nitrogens with zero attached hydrogens (tertiary/aromatic N) is 3. The largest absolute Gasteiger partial charge is 0.361 e. The van der Waals surface area contributed by atoms with Crippen molar-refractivity contribution in [3.05, 3.63) is 75.7 Å². The van der Waals surface area contributed by atoms with Gasteiger partial charge in [-0.05, 0) is 30.7 Å². The molecule has 1 amide bonds. The Hall–Kier alpha value is -2.12. The Balaban J connectivity index is 1.73. The fraction of sp³-hybridized carbons (Fsp3) is 0.211. The van der Waals surface area contributed by atoms with Crippen molar-refractivity contribution in [3.8, 4) is 0 Å². The summed E-state index contributed by atoms with van der Waals surface area (Å²) in [6.45, 7) is 2.37. The molecule has 0 fully saturated rings. The van der Waals surface area contributed by atoms with Gasteiger partial charge in [-0.25, -0.2) is 4.98 Å². The molecule has 7 heteroatoms. The first kappa shape index (κ1) is 18.7. The summed E-state index contributed by atoms with van der Waals surface area (Å²) < 4.78 is 6.07. The third-order valence-corrected chi connectivity index (χ3v) is 5.56. The van der Waals surface area contributed by atoms with Gasteiger partial charge in [0.15, 0.2) is 0 Å². The van der Waals surface area contributed by atoms with Crippen molar-refractivity contribution in [1.82, 2.24) is 15.0 Å². The normalized spacial score (nSPS) is 10.7. The fourth-order valence-corrected chi connectivity index (χ4v) is 3.73. The molecule has 3 rings (SSSR count). The minimum Gasteiger partial charge on any atom is -0.361 e. The van der Waals surface area contributed by atoms with E-state index in [9.17, 15) is 4.79 Å². The van der Waals surface area contributed by atoms with Crippen LogP contribution in [0.4, 0.5) is 0 Å². The number of carbonyl (C=O) groups is 1. The summed E-state index contributed by atoms with van der Waals surface area (Å²) >= 11 is 5.01. The van der Waals surface area contributed by atoms with Crippen LogP contribution in [0, 0.1) is 6.92 Å². The zero-order valence-corrected chi connectivity index (χ0v) is 16.9. The Morgan fingerprint density at radius 1 is 1.27 bits per heavy atom. The van der Waals surface area contributed by atoms with Gasteiger partial charge in [0.05, 0.1) is 11.3 Å². The van der Waals surface area contributed by atoms with E-state index in [4.69, 9.17) is 4.52 Å². The van der Waals surface area contributed by atoms with Gasteiger partial charge in [-0.15, -0.1) is 0 Å². The van der Waals surface area contributed by atoms with Crippen LogP contribution in [0.15, 0.2) is 62.7 Å². The predicted molar refractivity (Wildman–Crippen MR) is 105 cm³/mol. The van der Waals surface area contributed by atoms with E-state index in [-0.39, 0.29) is 5.91 Å². The fourth-order valence-electron chi connectivity index (χ4n) is 2.46. The van der Waals surface area contributed by atoms with E-state index < -0.39 is 0 Å². The molecule has 0 saturated carbocycles. The first-order chi connectivity index (χ1) is 12.5. The van der Waals surface area contributed by atoms with Gasteiger partial charge in [-0.1, -0.05) is 51.0 Å². The van der Waals surface area contributed by atoms with Gasteiger partial charge in [0.25, 0.3) is 5.91 Å². The molecule has 3 aromatic rings. The summed E-state index contributed by atoms with van der Waals surface area (Å²) in [6, 6.07) is 13.4. The van der Waals surface area contributed by atoms with Gasteiger partial charge in [0, 0.05) is 36.1 Å². The summed E-state index contributed by atoms with van der Waals surface area (Å²) in [7, 11) is 1.80. The van der Waals surface area contributed by atoms with Crippen LogP contribution in [0.2, 0.25) is 0 Å². The van der Waals surface area contributed by atoms with E-state index in [1.807, 2.05) is 43.3 Å². The third-order valence-electron chi connectivity index (χ3n) is 3.75. The van der Waals surface area contributed by atoms with Crippen LogP contribution in [0.25, 0.3) is 0 Å². The zero-order valence-electron chi connectivity index (χ0n) is 14.5. The van der Waals surface area contributed by atoms with Crippen molar-refractivity contribution in [2.75, 3.05) is 7.05 Å². The lowest BCUT2D eigenvalue weighted by molar-refractivity contribution is 0.0780. The molecule has 5 nitrogen and oxygen atoms in total. The Kier molecular flexibility index (Phi) is 6.11. The summed E-state index contributed by atoms with van der Waals surface area (Å²) in [5, 5.41) is 4.67. The van der Waals surface area contributed by atoms with Gasteiger partial charge in [-0.3, -0.25) is 4.79 Å². The number of thioether (sulfide) groups is 1. The molecule has 26 heavy (non-hydrogen) atoms. The molecule has 0 atom stereocenters. The molecular formula is C19H18BrN3O2S. The van der Waals surface area contributed by atoms with Crippen molar-refractivity contribution in [2.45, 2.75) is 24.2 Å². The number of benzene rings is 1. The Morgan fingerprint density at radius 3 is 2.81 bits per heavy atom. The van der Waals surface area contributed by atoms with E-state index in [1.54, 1.807) is 24.2 Å². The number of rotatable bonds is 6. The maximum atomic E-state index is 12.9. The number of pyridine rings is 1. The lowest BCUT2D eigenvalue weighted by Gasteiger charge is -2.19. The molecule has 1 aromatic carbocycles. The lowest BCUT2D eigenvalue weighted by Crippen LogP contribution is -2.27. The van der Waals surface area contributed by atoms with Gasteiger partial charge in [-0.2, -0.15) is 0 Å². The molecular weight excluding hydrogens is 414 g/mol. The van der Waals surface area contributed by atoms with Crippen molar-refractivity contribution >= 4 is 33.6 Å². The molecule has 0 N–H and O–H groups in total. The highest BCUT2D eigenvalue weighted by molar-refractivity contribution is 9.10. The number of aromatic nitrogens is 2. The van der Waals surface area contributed by atoms with Crippen LogP contribution >= 0.6 is 27.7 Å². The molecule has 0 bridgehead atoms. The highest BCUT2D eigenvalue weighted by Crippen LogP contribution is 2.26. The molecule has 2 aromatic heterocycles. The lowest BCUT2D eigenvalue weighted by atomic mass is 10.2. The molecule has 134 valence electrons. The number of carbonyl (C=O) groups excluding carboxylic acids is 1. The average Bonchev–Trinajstić information content (AvgIpc) is 3.07. The van der Waals surface area contributed by atoms with Crippen LogP contribution in [-0.4, -0.2) is 28.0 Å². The Labute approximate surface area is 164 Å². The second-order valence-corrected chi connectivity index (χ2v) is 7.64. The predicted octanol–water partition coefficient (Wildman–Crippen LogP) is 4.71. The molecule has 2 heterocycles. The summed E-state index contributed by atoms with van der Waals surface area (Å²) in [5.74, 6) is 1.31. The van der Waals surface area contributed by atoms with Crippen molar-refractivity contribution in [2.24, 2.45) is 0 Å². The van der Waals surface area contributed by atoms with Crippen molar-refractivity contribution in [1.29, 1.82) is 0 Å². The topological polar surface area (TPSA) is 59.2 Å². The summed E-state index contributed by atoms with van der Waals surface area (Å²) in [6.07, 6.45) is 1.70. The van der Waals surface area contributed by atoms with Gasteiger partial charge in [0.2, 0.25) is 0 Å². The number of hydrogen-bond donors (Lipinski definition) is 0. The minimum atomic E-state index is -0.0623. The van der Waals surface area contributed by atoms with E-state index in [2.05, 4.69) is 26.1 Å². The highest BCUT2D eigenvalue weighted by Gasteiger charge is 2.18. The minimum absolute atomic E-state index is 0.0623. The molecule has 0 aliphatic carbocycles. The SMILES string of the molecule is Cc1cc(CSc2ncccc2C(=O)N(C)Cc2ccccc2Br)no1. The zero-order chi connectivity index (χ0) is 18.5. The Morgan fingerprint density at radius 2 is 2.08 bits per heavy atom. The van der Waals surface area contributed by atoms with Crippen molar-refractivity contribution < 1.29 is 9.32 Å². The van der Waals surface area contributed by atoms with Gasteiger partial charge in [0.1, 0.15) is 10.8 Å².